The van der Waals surface area contributed by atoms with Crippen LogP contribution in [-0.2, 0) is 16.4 Å². The summed E-state index contributed by atoms with van der Waals surface area (Å²) >= 11 is 0. The molecule has 32 heavy (non-hydrogen) atoms. The van der Waals surface area contributed by atoms with Gasteiger partial charge in [0.1, 0.15) is 23.7 Å². The minimum Gasteiger partial charge on any atom is -0.546 e. The molecule has 2 aromatic carbocycles. The number of carbonyl (C=O) groups excluding carboxylic acids is 1. The average molecular weight is 449 g/mol. The molecule has 0 aliphatic rings. The highest BCUT2D eigenvalue weighted by Gasteiger charge is 2.41. The van der Waals surface area contributed by atoms with E-state index in [2.05, 4.69) is 0 Å². The monoisotopic (exact) mass is 449 g/mol. The van der Waals surface area contributed by atoms with Crippen molar-refractivity contribution in [3.8, 4) is 17.2 Å². The zero-order chi connectivity index (χ0) is 23.8. The second-order valence-corrected chi connectivity index (χ2v) is 8.21. The van der Waals surface area contributed by atoms with E-state index in [0.29, 0.717) is 11.1 Å². The summed E-state index contributed by atoms with van der Waals surface area (Å²) in [5.41, 5.74) is -0.742. The minimum absolute atomic E-state index is 0.0967. The van der Waals surface area contributed by atoms with Gasteiger partial charge < -0.3 is 23.8 Å². The van der Waals surface area contributed by atoms with Crippen LogP contribution in [0.15, 0.2) is 45.6 Å². The van der Waals surface area contributed by atoms with Crippen molar-refractivity contribution >= 4 is 16.9 Å². The van der Waals surface area contributed by atoms with Crippen LogP contribution in [0.2, 0.25) is 0 Å². The summed E-state index contributed by atoms with van der Waals surface area (Å²) in [5.74, 6) is -4.05. The van der Waals surface area contributed by atoms with Crippen LogP contribution in [0.4, 0.5) is 13.2 Å². The van der Waals surface area contributed by atoms with Gasteiger partial charge in [-0.3, -0.25) is 4.79 Å². The zero-order valence-electron chi connectivity index (χ0n) is 17.8. The third-order valence-electron chi connectivity index (χ3n) is 4.66. The predicted octanol–water partition coefficient (Wildman–Crippen LogP) is 4.34. The van der Waals surface area contributed by atoms with E-state index in [4.69, 9.17) is 13.9 Å². The molecule has 0 bridgehead atoms. The van der Waals surface area contributed by atoms with Crippen LogP contribution >= 0.6 is 0 Å². The molecule has 1 heterocycles. The van der Waals surface area contributed by atoms with Crippen LogP contribution in [0.1, 0.15) is 37.7 Å². The SMILES string of the molecule is Cc1cccc(C(C)(C)C)c1Oc1c(C(F)(F)F)oc2cc(OCC(=O)[O-])ccc2c1=O. The van der Waals surface area contributed by atoms with Gasteiger partial charge in [-0.05, 0) is 30.0 Å². The third-order valence-corrected chi connectivity index (χ3v) is 4.66. The topological polar surface area (TPSA) is 88.8 Å². The predicted molar refractivity (Wildman–Crippen MR) is 108 cm³/mol. The van der Waals surface area contributed by atoms with Crippen molar-refractivity contribution in [1.29, 1.82) is 0 Å². The molecule has 0 aliphatic heterocycles. The fourth-order valence-corrected chi connectivity index (χ4v) is 3.15. The molecule has 0 saturated heterocycles. The quantitative estimate of drug-likeness (QED) is 0.576. The van der Waals surface area contributed by atoms with Crippen LogP contribution in [0.3, 0.4) is 0 Å². The van der Waals surface area contributed by atoms with Gasteiger partial charge in [-0.1, -0.05) is 39.0 Å². The first-order valence-electron chi connectivity index (χ1n) is 9.57. The standard InChI is InChI=1S/C23H21F3O6/c1-12-6-5-7-15(22(2,3)4)19(12)32-20-18(29)14-9-8-13(30-11-17(27)28)10-16(14)31-21(20)23(24,25)26/h5-10H,11H2,1-4H3,(H,27,28)/p-1. The number of alkyl halides is 3. The minimum atomic E-state index is -5.03. The lowest BCUT2D eigenvalue weighted by atomic mass is 9.85. The Bertz CT molecular complexity index is 1240. The molecule has 0 amide bonds. The number of aliphatic carboxylic acids is 1. The van der Waals surface area contributed by atoms with E-state index >= 15 is 0 Å². The highest BCUT2D eigenvalue weighted by atomic mass is 19.4. The van der Waals surface area contributed by atoms with E-state index in [1.54, 1.807) is 25.1 Å². The molecule has 0 atom stereocenters. The van der Waals surface area contributed by atoms with E-state index in [-0.39, 0.29) is 16.9 Å². The van der Waals surface area contributed by atoms with Gasteiger partial charge in [-0.25, -0.2) is 0 Å². The summed E-state index contributed by atoms with van der Waals surface area (Å²) in [7, 11) is 0. The lowest BCUT2D eigenvalue weighted by Gasteiger charge is -2.24. The van der Waals surface area contributed by atoms with E-state index in [9.17, 15) is 27.9 Å². The normalized spacial score (nSPS) is 12.1. The molecule has 0 fully saturated rings. The van der Waals surface area contributed by atoms with E-state index in [1.807, 2.05) is 20.8 Å². The first-order valence-corrected chi connectivity index (χ1v) is 9.57. The van der Waals surface area contributed by atoms with Crippen molar-refractivity contribution in [2.45, 2.75) is 39.3 Å². The fourth-order valence-electron chi connectivity index (χ4n) is 3.15. The summed E-state index contributed by atoms with van der Waals surface area (Å²) in [6, 6.07) is 8.58. The summed E-state index contributed by atoms with van der Waals surface area (Å²) < 4.78 is 57.0. The van der Waals surface area contributed by atoms with Crippen molar-refractivity contribution < 1.29 is 37.0 Å². The number of fused-ring (bicyclic) bond motifs is 1. The zero-order valence-corrected chi connectivity index (χ0v) is 17.8. The Balaban J connectivity index is 2.22. The highest BCUT2D eigenvalue weighted by Crippen LogP contribution is 2.42. The molecule has 0 N–H and O–H groups in total. The van der Waals surface area contributed by atoms with Gasteiger partial charge >= 0.3 is 6.18 Å². The Hall–Kier alpha value is -3.49. The van der Waals surface area contributed by atoms with Crippen LogP contribution in [0.5, 0.6) is 17.2 Å². The van der Waals surface area contributed by atoms with E-state index in [0.717, 1.165) is 6.07 Å². The lowest BCUT2D eigenvalue weighted by Crippen LogP contribution is -2.28. The molecule has 1 aromatic heterocycles. The Kier molecular flexibility index (Phi) is 5.95. The smallest absolute Gasteiger partial charge is 0.453 e. The number of carbonyl (C=O) groups is 1. The maximum atomic E-state index is 13.8. The molecular weight excluding hydrogens is 429 g/mol. The largest absolute Gasteiger partial charge is 0.546 e. The fraction of sp³-hybridized carbons (Fsp3) is 0.304. The maximum Gasteiger partial charge on any atom is 0.453 e. The van der Waals surface area contributed by atoms with Crippen molar-refractivity contribution in [3.05, 3.63) is 63.5 Å². The van der Waals surface area contributed by atoms with Gasteiger partial charge in [0.15, 0.2) is 0 Å². The average Bonchev–Trinajstić information content (AvgIpc) is 2.67. The molecule has 0 aliphatic carbocycles. The highest BCUT2D eigenvalue weighted by molar-refractivity contribution is 5.80. The van der Waals surface area contributed by atoms with Gasteiger partial charge in [-0.2, -0.15) is 13.2 Å². The number of aryl methyl sites for hydroxylation is 1. The van der Waals surface area contributed by atoms with Crippen LogP contribution in [0.25, 0.3) is 11.0 Å². The first kappa shape index (κ1) is 23.2. The number of ether oxygens (including phenoxy) is 2. The molecule has 0 radical (unpaired) electrons. The van der Waals surface area contributed by atoms with Gasteiger partial charge in [0.2, 0.25) is 11.2 Å². The Labute approximate surface area is 181 Å². The van der Waals surface area contributed by atoms with Crippen molar-refractivity contribution in [1.82, 2.24) is 0 Å². The van der Waals surface area contributed by atoms with E-state index < -0.39 is 46.7 Å². The molecule has 9 heteroatoms. The van der Waals surface area contributed by atoms with Gasteiger partial charge in [0.25, 0.3) is 5.76 Å². The summed E-state index contributed by atoms with van der Waals surface area (Å²) in [5, 5.41) is 10.4. The summed E-state index contributed by atoms with van der Waals surface area (Å²) in [6.07, 6.45) is -5.03. The number of hydrogen-bond acceptors (Lipinski definition) is 6. The number of halogens is 3. The molecule has 170 valence electrons. The van der Waals surface area contributed by atoms with Crippen LogP contribution in [-0.4, -0.2) is 12.6 Å². The first-order chi connectivity index (χ1) is 14.8. The summed E-state index contributed by atoms with van der Waals surface area (Å²) in [6.45, 7) is 6.47. The van der Waals surface area contributed by atoms with Gasteiger partial charge in [0.05, 0.1) is 11.4 Å². The van der Waals surface area contributed by atoms with E-state index in [1.165, 1.54) is 12.1 Å². The van der Waals surface area contributed by atoms with Crippen LogP contribution in [0, 0.1) is 6.92 Å². The Morgan fingerprint density at radius 3 is 2.38 bits per heavy atom. The molecular formula is C23H20F3O6-. The second kappa shape index (κ2) is 8.22. The van der Waals surface area contributed by atoms with Crippen molar-refractivity contribution in [3.63, 3.8) is 0 Å². The molecule has 3 rings (SSSR count). The number of carboxylic acids is 1. The number of hydrogen-bond donors (Lipinski definition) is 0. The number of para-hydroxylation sites is 1. The van der Waals surface area contributed by atoms with Gasteiger partial charge in [0, 0.05) is 11.6 Å². The van der Waals surface area contributed by atoms with Crippen molar-refractivity contribution in [2.24, 2.45) is 0 Å². The second-order valence-electron chi connectivity index (χ2n) is 8.21. The number of rotatable bonds is 5. The molecule has 6 nitrogen and oxygen atoms in total. The Morgan fingerprint density at radius 1 is 1.09 bits per heavy atom. The summed E-state index contributed by atoms with van der Waals surface area (Å²) in [4.78, 5) is 23.6. The van der Waals surface area contributed by atoms with Crippen LogP contribution < -0.4 is 20.0 Å². The lowest BCUT2D eigenvalue weighted by molar-refractivity contribution is -0.307. The van der Waals surface area contributed by atoms with Gasteiger partial charge in [-0.15, -0.1) is 0 Å². The Morgan fingerprint density at radius 2 is 1.78 bits per heavy atom. The molecule has 0 unspecified atom stereocenters. The molecule has 0 saturated carbocycles. The van der Waals surface area contributed by atoms with Crippen molar-refractivity contribution in [2.75, 3.05) is 6.61 Å². The maximum absolute atomic E-state index is 13.8. The molecule has 0 spiro atoms. The molecule has 3 aromatic rings. The number of benzene rings is 2. The number of carboxylic acid groups (broad SMARTS) is 1. The third kappa shape index (κ3) is 4.71.